The van der Waals surface area contributed by atoms with Gasteiger partial charge in [-0.15, -0.1) is 0 Å². The predicted octanol–water partition coefficient (Wildman–Crippen LogP) is 3.63. The number of rotatable bonds is 3. The molecule has 0 aliphatic carbocycles. The summed E-state index contributed by atoms with van der Waals surface area (Å²) in [6, 6.07) is 10.1. The van der Waals surface area contributed by atoms with Crippen molar-refractivity contribution in [3.8, 4) is 11.5 Å². The van der Waals surface area contributed by atoms with Crippen molar-refractivity contribution in [2.45, 2.75) is 6.92 Å². The molecule has 1 aliphatic rings. The molecule has 132 valence electrons. The number of urea groups is 1. The number of hydrogen-bond donors (Lipinski definition) is 3. The fraction of sp³-hybridized carbons (Fsp3) is 0.118. The van der Waals surface area contributed by atoms with E-state index in [2.05, 4.69) is 20.9 Å². The van der Waals surface area contributed by atoms with E-state index in [4.69, 9.17) is 9.47 Å². The number of fused-ring (bicyclic) bond motifs is 2. The maximum atomic E-state index is 12.2. The van der Waals surface area contributed by atoms with Gasteiger partial charge in [-0.2, -0.15) is 0 Å². The summed E-state index contributed by atoms with van der Waals surface area (Å²) in [6.45, 7) is 1.61. The van der Waals surface area contributed by atoms with Gasteiger partial charge in [0.1, 0.15) is 0 Å². The number of hydrogen-bond acceptors (Lipinski definition) is 6. The topological polar surface area (TPSA) is 102 Å². The van der Waals surface area contributed by atoms with Crippen molar-refractivity contribution in [3.05, 3.63) is 36.4 Å². The van der Waals surface area contributed by atoms with Crippen LogP contribution in [0.1, 0.15) is 6.92 Å². The molecule has 9 heteroatoms. The van der Waals surface area contributed by atoms with Crippen LogP contribution in [0.3, 0.4) is 0 Å². The number of nitrogens with zero attached hydrogens (tertiary/aromatic N) is 1. The van der Waals surface area contributed by atoms with Gasteiger partial charge < -0.3 is 25.4 Å². The molecule has 4 rings (SSSR count). The minimum absolute atomic E-state index is 0.175. The van der Waals surface area contributed by atoms with Gasteiger partial charge in [0.05, 0.1) is 10.2 Å². The highest BCUT2D eigenvalue weighted by Gasteiger charge is 2.14. The molecule has 2 aromatic carbocycles. The van der Waals surface area contributed by atoms with Crippen molar-refractivity contribution >= 4 is 50.0 Å². The van der Waals surface area contributed by atoms with E-state index in [1.165, 1.54) is 18.3 Å². The van der Waals surface area contributed by atoms with Gasteiger partial charge in [-0.1, -0.05) is 11.3 Å². The highest BCUT2D eigenvalue weighted by atomic mass is 32.1. The van der Waals surface area contributed by atoms with E-state index in [-0.39, 0.29) is 18.7 Å². The van der Waals surface area contributed by atoms with Gasteiger partial charge in [-0.05, 0) is 30.3 Å². The summed E-state index contributed by atoms with van der Waals surface area (Å²) in [5, 5.41) is 8.67. The lowest BCUT2D eigenvalue weighted by Gasteiger charge is -2.08. The molecule has 0 bridgehead atoms. The molecule has 0 fully saturated rings. The van der Waals surface area contributed by atoms with Crippen LogP contribution in [-0.4, -0.2) is 23.7 Å². The first-order valence-electron chi connectivity index (χ1n) is 7.73. The van der Waals surface area contributed by atoms with Crippen LogP contribution in [0.5, 0.6) is 11.5 Å². The van der Waals surface area contributed by atoms with Crippen LogP contribution in [0, 0.1) is 0 Å². The summed E-state index contributed by atoms with van der Waals surface area (Å²) in [7, 11) is 0. The van der Waals surface area contributed by atoms with Crippen LogP contribution in [0.15, 0.2) is 36.4 Å². The minimum atomic E-state index is -0.388. The molecule has 3 N–H and O–H groups in total. The lowest BCUT2D eigenvalue weighted by atomic mass is 10.3. The monoisotopic (exact) mass is 370 g/mol. The summed E-state index contributed by atoms with van der Waals surface area (Å²) in [5.41, 5.74) is 1.88. The number of benzene rings is 2. The SMILES string of the molecule is CC(=O)Nc1nc2cc(NC(=O)Nc3ccc4c(c3)OCO4)ccc2s1. The molecule has 0 unspecified atom stereocenters. The summed E-state index contributed by atoms with van der Waals surface area (Å²) < 4.78 is 11.4. The molecule has 0 spiro atoms. The fourth-order valence-electron chi connectivity index (χ4n) is 2.48. The van der Waals surface area contributed by atoms with Gasteiger partial charge in [0.2, 0.25) is 12.7 Å². The highest BCUT2D eigenvalue weighted by molar-refractivity contribution is 7.22. The number of anilines is 3. The number of ether oxygens (including phenoxy) is 2. The Labute approximate surface area is 152 Å². The molecule has 2 heterocycles. The molecule has 8 nitrogen and oxygen atoms in total. The second kappa shape index (κ2) is 6.52. The quantitative estimate of drug-likeness (QED) is 0.653. The average Bonchev–Trinajstić information content (AvgIpc) is 3.19. The summed E-state index contributed by atoms with van der Waals surface area (Å²) in [6.07, 6.45) is 0. The first-order valence-corrected chi connectivity index (χ1v) is 8.54. The number of nitrogens with one attached hydrogen (secondary N) is 3. The van der Waals surface area contributed by atoms with Gasteiger partial charge in [0, 0.05) is 24.4 Å². The Morgan fingerprint density at radius 2 is 1.73 bits per heavy atom. The molecule has 1 aliphatic heterocycles. The second-order valence-electron chi connectivity index (χ2n) is 5.53. The van der Waals surface area contributed by atoms with Gasteiger partial charge in [-0.25, -0.2) is 9.78 Å². The minimum Gasteiger partial charge on any atom is -0.454 e. The third-order valence-corrected chi connectivity index (χ3v) is 4.51. The Bertz CT molecular complexity index is 1020. The van der Waals surface area contributed by atoms with Crippen molar-refractivity contribution < 1.29 is 19.1 Å². The Kier molecular flexibility index (Phi) is 4.05. The van der Waals surface area contributed by atoms with Crippen LogP contribution in [0.25, 0.3) is 10.2 Å². The summed E-state index contributed by atoms with van der Waals surface area (Å²) >= 11 is 1.37. The van der Waals surface area contributed by atoms with E-state index in [0.717, 1.165) is 4.70 Å². The molecule has 0 saturated carbocycles. The van der Waals surface area contributed by atoms with Crippen LogP contribution in [0.4, 0.5) is 21.3 Å². The third-order valence-electron chi connectivity index (χ3n) is 3.56. The van der Waals surface area contributed by atoms with Gasteiger partial charge in [-0.3, -0.25) is 4.79 Å². The van der Waals surface area contributed by atoms with Gasteiger partial charge in [0.15, 0.2) is 16.6 Å². The third kappa shape index (κ3) is 3.38. The maximum absolute atomic E-state index is 12.2. The molecule has 1 aromatic heterocycles. The Hall–Kier alpha value is -3.33. The van der Waals surface area contributed by atoms with E-state index in [1.54, 1.807) is 30.3 Å². The number of amides is 3. The number of carbonyl (C=O) groups is 2. The first-order chi connectivity index (χ1) is 12.6. The lowest BCUT2D eigenvalue weighted by molar-refractivity contribution is -0.114. The largest absolute Gasteiger partial charge is 0.454 e. The van der Waals surface area contributed by atoms with E-state index >= 15 is 0 Å². The average molecular weight is 370 g/mol. The summed E-state index contributed by atoms with van der Waals surface area (Å²) in [5.74, 6) is 1.07. The number of thiazole rings is 1. The van der Waals surface area contributed by atoms with Crippen LogP contribution in [0.2, 0.25) is 0 Å². The van der Waals surface area contributed by atoms with E-state index in [9.17, 15) is 9.59 Å². The molecule has 26 heavy (non-hydrogen) atoms. The molecular weight excluding hydrogens is 356 g/mol. The van der Waals surface area contributed by atoms with E-state index in [0.29, 0.717) is 33.5 Å². The molecule has 3 amide bonds. The Morgan fingerprint density at radius 1 is 1.00 bits per heavy atom. The smallest absolute Gasteiger partial charge is 0.323 e. The number of aromatic nitrogens is 1. The van der Waals surface area contributed by atoms with E-state index in [1.807, 2.05) is 6.07 Å². The zero-order valence-corrected chi connectivity index (χ0v) is 14.5. The number of carbonyl (C=O) groups excluding carboxylic acids is 2. The predicted molar refractivity (Wildman–Crippen MR) is 99.1 cm³/mol. The first kappa shape index (κ1) is 16.2. The Balaban J connectivity index is 1.46. The lowest BCUT2D eigenvalue weighted by Crippen LogP contribution is -2.19. The van der Waals surface area contributed by atoms with Crippen molar-refractivity contribution in [2.24, 2.45) is 0 Å². The summed E-state index contributed by atoms with van der Waals surface area (Å²) in [4.78, 5) is 27.6. The van der Waals surface area contributed by atoms with Crippen LogP contribution < -0.4 is 25.4 Å². The van der Waals surface area contributed by atoms with Crippen LogP contribution >= 0.6 is 11.3 Å². The zero-order valence-electron chi connectivity index (χ0n) is 13.7. The maximum Gasteiger partial charge on any atom is 0.323 e. The fourth-order valence-corrected chi connectivity index (χ4v) is 3.37. The van der Waals surface area contributed by atoms with Crippen molar-refractivity contribution in [1.29, 1.82) is 0 Å². The second-order valence-corrected chi connectivity index (χ2v) is 6.56. The zero-order chi connectivity index (χ0) is 18.1. The molecule has 0 radical (unpaired) electrons. The van der Waals surface area contributed by atoms with Gasteiger partial charge >= 0.3 is 6.03 Å². The van der Waals surface area contributed by atoms with Crippen LogP contribution in [-0.2, 0) is 4.79 Å². The molecular formula is C17H14N4O4S. The highest BCUT2D eigenvalue weighted by Crippen LogP contribution is 2.34. The molecule has 3 aromatic rings. The van der Waals surface area contributed by atoms with E-state index < -0.39 is 0 Å². The normalized spacial score (nSPS) is 12.0. The van der Waals surface area contributed by atoms with Crippen molar-refractivity contribution in [2.75, 3.05) is 22.7 Å². The van der Waals surface area contributed by atoms with Crippen molar-refractivity contribution in [3.63, 3.8) is 0 Å². The Morgan fingerprint density at radius 3 is 2.54 bits per heavy atom. The van der Waals surface area contributed by atoms with Crippen molar-refractivity contribution in [1.82, 2.24) is 4.98 Å². The van der Waals surface area contributed by atoms with Gasteiger partial charge in [0.25, 0.3) is 0 Å². The molecule has 0 atom stereocenters. The molecule has 0 saturated heterocycles. The standard InChI is InChI=1S/C17H14N4O4S/c1-9(22)18-17-21-12-6-10(3-5-15(12)26-17)19-16(23)20-11-2-4-13-14(7-11)25-8-24-13/h2-7H,8H2,1H3,(H,18,21,22)(H2,19,20,23).